The molecular formula is C38H39ClF2N6O4. The minimum atomic E-state index is -0.757. The molecule has 4 aliphatic rings. The molecule has 4 saturated heterocycles. The molecule has 4 aromatic rings. The molecule has 1 aromatic heterocycles. The summed E-state index contributed by atoms with van der Waals surface area (Å²) < 4.78 is 44.2. The molecule has 4 unspecified atom stereocenters. The van der Waals surface area contributed by atoms with E-state index in [4.69, 9.17) is 32.5 Å². The molecule has 0 spiro atoms. The maximum Gasteiger partial charge on any atom is 0.409 e. The number of phenolic OH excluding ortho intramolecular Hbond substituents is 1. The van der Waals surface area contributed by atoms with Crippen molar-refractivity contribution in [2.24, 2.45) is 0 Å². The van der Waals surface area contributed by atoms with Gasteiger partial charge in [0.15, 0.2) is 5.82 Å². The zero-order chi connectivity index (χ0) is 35.6. The number of terminal acetylenes is 1. The summed E-state index contributed by atoms with van der Waals surface area (Å²) in [6, 6.07) is 7.78. The molecule has 8 rings (SSSR count). The van der Waals surface area contributed by atoms with Crippen LogP contribution in [0.4, 0.5) is 19.4 Å². The van der Waals surface area contributed by atoms with Crippen molar-refractivity contribution < 1.29 is 28.2 Å². The van der Waals surface area contributed by atoms with Crippen LogP contribution in [0, 0.1) is 24.0 Å². The summed E-state index contributed by atoms with van der Waals surface area (Å²) in [5, 5.41) is 15.5. The topological polar surface area (TPSA) is 103 Å². The zero-order valence-electron chi connectivity index (χ0n) is 28.5. The monoisotopic (exact) mass is 716 g/mol. The summed E-state index contributed by atoms with van der Waals surface area (Å²) in [5.74, 6) is 1.36. The quantitative estimate of drug-likeness (QED) is 0.220. The van der Waals surface area contributed by atoms with E-state index < -0.39 is 11.6 Å². The number of amides is 1. The van der Waals surface area contributed by atoms with Gasteiger partial charge in [0, 0.05) is 61.6 Å². The standard InChI is InChI=1S/C38H39ClF2N6O4/c1-4-26-30(40)9-6-21-14-25(48)15-27(31(21)26)32-29(39)16-28-34(33(32)41)43-36(44-35(28)46-17-22-7-8-23(18-46)42-22)51-20-38-11-5-13-47(38)24(10-12-38)19-50-37(49)45(2)3/h1,6,9,14-16,22-24,42,48H,5,7-8,10-13,17-20H2,2-3H3. The maximum absolute atomic E-state index is 17.2. The van der Waals surface area contributed by atoms with Crippen molar-refractivity contribution in [3.63, 3.8) is 0 Å². The van der Waals surface area contributed by atoms with E-state index in [2.05, 4.69) is 26.0 Å². The van der Waals surface area contributed by atoms with Gasteiger partial charge in [0.2, 0.25) is 0 Å². The van der Waals surface area contributed by atoms with Crippen molar-refractivity contribution in [2.45, 2.75) is 62.2 Å². The first-order valence-electron chi connectivity index (χ1n) is 17.4. The normalized spacial score (nSPS) is 24.2. The van der Waals surface area contributed by atoms with Crippen LogP contribution in [-0.2, 0) is 4.74 Å². The third kappa shape index (κ3) is 5.85. The number of hydrogen-bond donors (Lipinski definition) is 2. The van der Waals surface area contributed by atoms with Crippen molar-refractivity contribution in [2.75, 3.05) is 51.8 Å². The number of rotatable bonds is 7. The molecule has 2 N–H and O–H groups in total. The fourth-order valence-corrected chi connectivity index (χ4v) is 9.02. The largest absolute Gasteiger partial charge is 0.508 e. The van der Waals surface area contributed by atoms with Crippen LogP contribution in [-0.4, -0.2) is 102 Å². The molecule has 51 heavy (non-hydrogen) atoms. The minimum absolute atomic E-state index is 0.00360. The Bertz CT molecular complexity index is 2100. The van der Waals surface area contributed by atoms with Gasteiger partial charge in [-0.25, -0.2) is 13.6 Å². The highest BCUT2D eigenvalue weighted by Crippen LogP contribution is 2.45. The van der Waals surface area contributed by atoms with E-state index in [0.717, 1.165) is 45.1 Å². The summed E-state index contributed by atoms with van der Waals surface area (Å²) >= 11 is 6.91. The summed E-state index contributed by atoms with van der Waals surface area (Å²) in [7, 11) is 3.32. The summed E-state index contributed by atoms with van der Waals surface area (Å²) in [6.45, 7) is 2.79. The van der Waals surface area contributed by atoms with Crippen molar-refractivity contribution >= 4 is 45.2 Å². The highest BCUT2D eigenvalue weighted by molar-refractivity contribution is 6.35. The molecule has 266 valence electrons. The van der Waals surface area contributed by atoms with Crippen molar-refractivity contribution in [3.8, 4) is 35.2 Å². The number of phenols is 1. The Labute approximate surface area is 299 Å². The summed E-state index contributed by atoms with van der Waals surface area (Å²) in [5.41, 5.74) is -0.266. The molecule has 10 nitrogen and oxygen atoms in total. The fourth-order valence-electron chi connectivity index (χ4n) is 8.73. The lowest BCUT2D eigenvalue weighted by atomic mass is 9.93. The Hall–Kier alpha value is -4.44. The second-order valence-electron chi connectivity index (χ2n) is 14.4. The number of aromatic nitrogens is 2. The number of anilines is 1. The number of carbonyl (C=O) groups excluding carboxylic acids is 1. The Morgan fingerprint density at radius 3 is 2.69 bits per heavy atom. The van der Waals surface area contributed by atoms with Crippen molar-refractivity contribution in [3.05, 3.63) is 52.6 Å². The van der Waals surface area contributed by atoms with Crippen molar-refractivity contribution in [1.82, 2.24) is 25.1 Å². The number of carbonyl (C=O) groups is 1. The van der Waals surface area contributed by atoms with Crippen molar-refractivity contribution in [1.29, 1.82) is 0 Å². The molecule has 0 aliphatic carbocycles. The number of nitrogens with one attached hydrogen (secondary N) is 1. The average molecular weight is 717 g/mol. The predicted octanol–water partition coefficient (Wildman–Crippen LogP) is 6.08. The fraction of sp³-hybridized carbons (Fsp3) is 0.447. The van der Waals surface area contributed by atoms with Gasteiger partial charge in [-0.15, -0.1) is 6.42 Å². The number of hydrogen-bond acceptors (Lipinski definition) is 9. The SMILES string of the molecule is C#Cc1c(F)ccc2cc(O)cc(-c3c(Cl)cc4c(N5CC6CCC(C5)N6)nc(OCC56CCCN5C(COC(=O)N(C)C)CC6)nc4c3F)c12. The van der Waals surface area contributed by atoms with Crippen LogP contribution >= 0.6 is 11.6 Å². The number of nitrogens with zero attached hydrogens (tertiary/aromatic N) is 5. The molecular weight excluding hydrogens is 678 g/mol. The van der Waals surface area contributed by atoms with E-state index >= 15 is 4.39 Å². The minimum Gasteiger partial charge on any atom is -0.508 e. The summed E-state index contributed by atoms with van der Waals surface area (Å²) in [6.07, 6.45) is 11.0. The lowest BCUT2D eigenvalue weighted by Crippen LogP contribution is -2.51. The highest BCUT2D eigenvalue weighted by atomic mass is 35.5. The second kappa shape index (κ2) is 13.0. The molecule has 0 saturated carbocycles. The second-order valence-corrected chi connectivity index (χ2v) is 14.9. The van der Waals surface area contributed by atoms with E-state index in [0.29, 0.717) is 36.3 Å². The molecule has 5 heterocycles. The van der Waals surface area contributed by atoms with Crippen LogP contribution < -0.4 is 15.0 Å². The van der Waals surface area contributed by atoms with Crippen LogP contribution in [0.15, 0.2) is 30.3 Å². The van der Waals surface area contributed by atoms with Gasteiger partial charge in [-0.2, -0.15) is 9.97 Å². The number of fused-ring (bicyclic) bond motifs is 5. The lowest BCUT2D eigenvalue weighted by molar-refractivity contribution is 0.0484. The van der Waals surface area contributed by atoms with Gasteiger partial charge in [-0.1, -0.05) is 23.6 Å². The smallest absolute Gasteiger partial charge is 0.409 e. The first-order valence-corrected chi connectivity index (χ1v) is 17.8. The Morgan fingerprint density at radius 2 is 1.94 bits per heavy atom. The molecule has 4 fully saturated rings. The lowest BCUT2D eigenvalue weighted by Gasteiger charge is -2.35. The Morgan fingerprint density at radius 1 is 1.16 bits per heavy atom. The van der Waals surface area contributed by atoms with E-state index in [1.807, 2.05) is 0 Å². The summed E-state index contributed by atoms with van der Waals surface area (Å²) in [4.78, 5) is 27.7. The number of ether oxygens (including phenoxy) is 2. The first-order chi connectivity index (χ1) is 24.5. The van der Waals surface area contributed by atoms with E-state index in [9.17, 15) is 14.3 Å². The average Bonchev–Trinajstić information content (AvgIpc) is 3.78. The number of benzene rings is 3. The van der Waals surface area contributed by atoms with Crippen LogP contribution in [0.5, 0.6) is 11.8 Å². The Kier molecular flexibility index (Phi) is 8.56. The number of aromatic hydroxyl groups is 1. The van der Waals surface area contributed by atoms with E-state index in [1.54, 1.807) is 20.2 Å². The van der Waals surface area contributed by atoms with E-state index in [-0.39, 0.29) is 80.7 Å². The van der Waals surface area contributed by atoms with Gasteiger partial charge < -0.3 is 29.7 Å². The van der Waals surface area contributed by atoms with Crippen LogP contribution in [0.1, 0.15) is 44.1 Å². The van der Waals surface area contributed by atoms with E-state index in [1.165, 1.54) is 29.2 Å². The molecule has 2 bridgehead atoms. The third-order valence-electron chi connectivity index (χ3n) is 11.1. The van der Waals surface area contributed by atoms with Crippen LogP contribution in [0.25, 0.3) is 32.8 Å². The molecule has 0 radical (unpaired) electrons. The number of halogens is 3. The third-order valence-corrected chi connectivity index (χ3v) is 11.4. The molecule has 4 aliphatic heterocycles. The van der Waals surface area contributed by atoms with Gasteiger partial charge in [-0.3, -0.25) is 4.90 Å². The zero-order valence-corrected chi connectivity index (χ0v) is 29.3. The molecule has 4 atom stereocenters. The maximum atomic E-state index is 17.2. The first kappa shape index (κ1) is 33.7. The van der Waals surface area contributed by atoms with Gasteiger partial charge >= 0.3 is 12.1 Å². The van der Waals surface area contributed by atoms with Crippen LogP contribution in [0.2, 0.25) is 5.02 Å². The van der Waals surface area contributed by atoms with Gasteiger partial charge in [0.1, 0.15) is 36.1 Å². The molecule has 13 heteroatoms. The van der Waals surface area contributed by atoms with Crippen LogP contribution in [0.3, 0.4) is 0 Å². The number of piperazine rings is 1. The highest BCUT2D eigenvalue weighted by Gasteiger charge is 2.50. The molecule has 3 aromatic carbocycles. The van der Waals surface area contributed by atoms with Gasteiger partial charge in [0.25, 0.3) is 0 Å². The predicted molar refractivity (Wildman–Crippen MR) is 191 cm³/mol. The Balaban J connectivity index is 1.21. The molecule has 1 amide bonds. The van der Waals surface area contributed by atoms with Gasteiger partial charge in [-0.05, 0) is 80.3 Å². The van der Waals surface area contributed by atoms with Gasteiger partial charge in [0.05, 0.1) is 16.1 Å².